The third-order valence-electron chi connectivity index (χ3n) is 6.57. The normalized spacial score (nSPS) is 20.1. The van der Waals surface area contributed by atoms with E-state index in [1.165, 1.54) is 0 Å². The highest BCUT2D eigenvalue weighted by Crippen LogP contribution is 2.22. The third kappa shape index (κ3) is 8.33. The van der Waals surface area contributed by atoms with Crippen LogP contribution in [0.3, 0.4) is 0 Å². The third-order valence-corrected chi connectivity index (χ3v) is 6.57. The van der Waals surface area contributed by atoms with Gasteiger partial charge in [0.2, 0.25) is 11.8 Å². The van der Waals surface area contributed by atoms with Crippen LogP contribution in [0.25, 0.3) is 0 Å². The number of hydrogen-bond donors (Lipinski definition) is 2. The molecule has 2 aliphatic heterocycles. The number of hydrogen-bond acceptors (Lipinski definition) is 7. The molecule has 1 aromatic heterocycles. The second-order valence-electron chi connectivity index (χ2n) is 10.8. The van der Waals surface area contributed by atoms with Gasteiger partial charge in [0.1, 0.15) is 11.5 Å². The molecule has 2 fully saturated rings. The fraction of sp³-hybridized carbons (Fsp3) is 0.654. The van der Waals surface area contributed by atoms with Crippen molar-refractivity contribution < 1.29 is 33.5 Å². The molecule has 11 heteroatoms. The molecule has 2 aliphatic rings. The van der Waals surface area contributed by atoms with Gasteiger partial charge in [-0.05, 0) is 65.4 Å². The number of amides is 3. The van der Waals surface area contributed by atoms with Gasteiger partial charge in [0.05, 0.1) is 11.6 Å². The van der Waals surface area contributed by atoms with Crippen LogP contribution in [0.2, 0.25) is 0 Å². The summed E-state index contributed by atoms with van der Waals surface area (Å²) < 4.78 is 10.5. The van der Waals surface area contributed by atoms with E-state index < -0.39 is 23.4 Å². The number of allylic oxidation sites excluding steroid dienone is 1. The number of carbonyl (C=O) groups excluding carboxylic acids is 3. The summed E-state index contributed by atoms with van der Waals surface area (Å²) in [5, 5.41) is 15.9. The molecule has 0 bridgehead atoms. The summed E-state index contributed by atoms with van der Waals surface area (Å²) in [4.78, 5) is 52.8. The van der Waals surface area contributed by atoms with Crippen LogP contribution >= 0.6 is 0 Å². The van der Waals surface area contributed by atoms with Crippen LogP contribution in [0.15, 0.2) is 22.7 Å². The molecular weight excluding hydrogens is 480 g/mol. The summed E-state index contributed by atoms with van der Waals surface area (Å²) in [6.45, 7) is 9.11. The zero-order valence-corrected chi connectivity index (χ0v) is 22.1. The molecule has 1 aromatic rings. The number of ether oxygens (including phenoxy) is 1. The lowest BCUT2D eigenvalue weighted by molar-refractivity contribution is -0.139. The Morgan fingerprint density at radius 3 is 2.49 bits per heavy atom. The lowest BCUT2D eigenvalue weighted by Crippen LogP contribution is -2.46. The predicted molar refractivity (Wildman–Crippen MR) is 134 cm³/mol. The molecule has 0 spiro atoms. The standard InChI is InChI=1S/C26H38N4O7/c1-17-14-21(37-28-17)20(24(33)34)15-27-23(32)19-6-5-11-30(16-19)22(31)8-7-18-9-12-29(13-10-18)25(35)36-26(2,3)4/h7-8,14,18-20H,5-6,9-13,15-16H2,1-4H3,(H,27,32)(H,33,34)/b8-7+/t19-,20+/m1/s1. The van der Waals surface area contributed by atoms with Crippen LogP contribution in [0.1, 0.15) is 63.8 Å². The topological polar surface area (TPSA) is 142 Å². The second-order valence-corrected chi connectivity index (χ2v) is 10.8. The summed E-state index contributed by atoms with van der Waals surface area (Å²) in [5.74, 6) is -2.60. The molecule has 11 nitrogen and oxygen atoms in total. The minimum atomic E-state index is -1.11. The van der Waals surface area contributed by atoms with E-state index in [2.05, 4.69) is 10.5 Å². The Bertz CT molecular complexity index is 1000. The number of nitrogens with zero attached hydrogens (tertiary/aromatic N) is 3. The molecule has 2 saturated heterocycles. The zero-order chi connectivity index (χ0) is 27.2. The number of aliphatic carboxylic acids is 1. The van der Waals surface area contributed by atoms with Crippen molar-refractivity contribution in [1.82, 2.24) is 20.3 Å². The first-order valence-corrected chi connectivity index (χ1v) is 12.8. The first-order valence-electron chi connectivity index (χ1n) is 12.8. The summed E-state index contributed by atoms with van der Waals surface area (Å²) in [6.07, 6.45) is 5.98. The average molecular weight is 519 g/mol. The summed E-state index contributed by atoms with van der Waals surface area (Å²) in [6, 6.07) is 1.54. The van der Waals surface area contributed by atoms with Crippen molar-refractivity contribution in [2.75, 3.05) is 32.7 Å². The van der Waals surface area contributed by atoms with Gasteiger partial charge in [-0.15, -0.1) is 0 Å². The Balaban J connectivity index is 1.46. The Kier molecular flexibility index (Phi) is 9.34. The number of rotatable bonds is 7. The minimum Gasteiger partial charge on any atom is -0.481 e. The first-order chi connectivity index (χ1) is 17.4. The van der Waals surface area contributed by atoms with E-state index >= 15 is 0 Å². The molecule has 2 atom stereocenters. The van der Waals surface area contributed by atoms with Gasteiger partial charge in [0.15, 0.2) is 5.76 Å². The SMILES string of the molecule is Cc1cc([C@H](CNC(=O)[C@@H]2CCCN(C(=O)/C=C/C3CCN(C(=O)OC(C)(C)C)CC3)C2)C(=O)O)on1. The van der Waals surface area contributed by atoms with Crippen molar-refractivity contribution in [3.05, 3.63) is 29.7 Å². The van der Waals surface area contributed by atoms with E-state index in [0.717, 1.165) is 12.8 Å². The number of carboxylic acid groups (broad SMARTS) is 1. The molecule has 0 aliphatic carbocycles. The molecule has 0 unspecified atom stereocenters. The van der Waals surface area contributed by atoms with Crippen molar-refractivity contribution in [2.45, 2.75) is 64.9 Å². The van der Waals surface area contributed by atoms with Gasteiger partial charge in [-0.1, -0.05) is 11.2 Å². The minimum absolute atomic E-state index is 0.116. The Labute approximate surface area is 217 Å². The van der Waals surface area contributed by atoms with Gasteiger partial charge in [-0.3, -0.25) is 14.4 Å². The van der Waals surface area contributed by atoms with Gasteiger partial charge in [-0.25, -0.2) is 4.79 Å². The van der Waals surface area contributed by atoms with Crippen molar-refractivity contribution in [2.24, 2.45) is 11.8 Å². The van der Waals surface area contributed by atoms with Crippen LogP contribution in [-0.2, 0) is 19.1 Å². The molecule has 0 radical (unpaired) electrons. The van der Waals surface area contributed by atoms with E-state index in [9.17, 15) is 24.3 Å². The molecule has 3 heterocycles. The van der Waals surface area contributed by atoms with Gasteiger partial charge in [0.25, 0.3) is 0 Å². The predicted octanol–water partition coefficient (Wildman–Crippen LogP) is 2.71. The summed E-state index contributed by atoms with van der Waals surface area (Å²) in [7, 11) is 0. The Morgan fingerprint density at radius 1 is 1.19 bits per heavy atom. The highest BCUT2D eigenvalue weighted by Gasteiger charge is 2.31. The lowest BCUT2D eigenvalue weighted by Gasteiger charge is -2.33. The fourth-order valence-corrected chi connectivity index (χ4v) is 4.52. The zero-order valence-electron chi connectivity index (χ0n) is 22.1. The van der Waals surface area contributed by atoms with E-state index in [0.29, 0.717) is 38.2 Å². The van der Waals surface area contributed by atoms with Crippen molar-refractivity contribution in [3.8, 4) is 0 Å². The van der Waals surface area contributed by atoms with E-state index in [1.807, 2.05) is 26.8 Å². The smallest absolute Gasteiger partial charge is 0.410 e. The lowest BCUT2D eigenvalue weighted by atomic mass is 9.95. The number of likely N-dealkylation sites (tertiary alicyclic amines) is 2. The van der Waals surface area contributed by atoms with Gasteiger partial charge in [-0.2, -0.15) is 0 Å². The number of carboxylic acids is 1. The molecule has 0 aromatic carbocycles. The average Bonchev–Trinajstić information content (AvgIpc) is 3.27. The molecule has 3 amide bonds. The summed E-state index contributed by atoms with van der Waals surface area (Å²) in [5.41, 5.74) is 0.0351. The molecule has 37 heavy (non-hydrogen) atoms. The van der Waals surface area contributed by atoms with Crippen molar-refractivity contribution in [3.63, 3.8) is 0 Å². The molecule has 0 saturated carbocycles. The maximum atomic E-state index is 12.8. The van der Waals surface area contributed by atoms with E-state index in [4.69, 9.17) is 9.26 Å². The van der Waals surface area contributed by atoms with Crippen LogP contribution in [0.5, 0.6) is 0 Å². The molecule has 204 valence electrons. The maximum absolute atomic E-state index is 12.8. The number of nitrogens with one attached hydrogen (secondary N) is 1. The van der Waals surface area contributed by atoms with Crippen molar-refractivity contribution >= 4 is 23.9 Å². The van der Waals surface area contributed by atoms with E-state index in [1.54, 1.807) is 28.9 Å². The van der Waals surface area contributed by atoms with Gasteiger partial charge < -0.3 is 29.5 Å². The second kappa shape index (κ2) is 12.2. The largest absolute Gasteiger partial charge is 0.481 e. The fourth-order valence-electron chi connectivity index (χ4n) is 4.52. The Hall–Kier alpha value is -3.37. The number of carbonyl (C=O) groups is 4. The van der Waals surface area contributed by atoms with E-state index in [-0.39, 0.29) is 42.7 Å². The summed E-state index contributed by atoms with van der Waals surface area (Å²) >= 11 is 0. The van der Waals surface area contributed by atoms with Crippen molar-refractivity contribution in [1.29, 1.82) is 0 Å². The molecular formula is C26H38N4O7. The monoisotopic (exact) mass is 518 g/mol. The maximum Gasteiger partial charge on any atom is 0.410 e. The number of aryl methyl sites for hydroxylation is 1. The van der Waals surface area contributed by atoms with Crippen LogP contribution in [0.4, 0.5) is 4.79 Å². The highest BCUT2D eigenvalue weighted by molar-refractivity contribution is 5.88. The van der Waals surface area contributed by atoms with Gasteiger partial charge in [0, 0.05) is 38.8 Å². The highest BCUT2D eigenvalue weighted by atomic mass is 16.6. The first kappa shape index (κ1) is 28.2. The molecule has 2 N–H and O–H groups in total. The number of aromatic nitrogens is 1. The van der Waals surface area contributed by atoms with Gasteiger partial charge >= 0.3 is 12.1 Å². The van der Waals surface area contributed by atoms with Crippen LogP contribution in [-0.4, -0.2) is 82.3 Å². The Morgan fingerprint density at radius 2 is 1.89 bits per heavy atom. The van der Waals surface area contributed by atoms with Crippen LogP contribution in [0, 0.1) is 18.8 Å². The van der Waals surface area contributed by atoms with Crippen LogP contribution < -0.4 is 5.32 Å². The number of piperidine rings is 2. The molecule has 3 rings (SSSR count). The quantitative estimate of drug-likeness (QED) is 0.525.